The van der Waals surface area contributed by atoms with E-state index in [0.29, 0.717) is 0 Å². The largest absolute Gasteiger partial charge is 0.465 e. The van der Waals surface area contributed by atoms with Crippen molar-refractivity contribution in [3.8, 4) is 0 Å². The lowest BCUT2D eigenvalue weighted by molar-refractivity contribution is 0.0404. The van der Waals surface area contributed by atoms with Crippen molar-refractivity contribution >= 4 is 12.2 Å². The van der Waals surface area contributed by atoms with Crippen LogP contribution in [0, 0.1) is 11.8 Å². The Kier molecular flexibility index (Phi) is 8.53. The van der Waals surface area contributed by atoms with Gasteiger partial charge in [0.25, 0.3) is 0 Å². The Bertz CT molecular complexity index is 681. The van der Waals surface area contributed by atoms with Gasteiger partial charge in [-0.25, -0.2) is 9.59 Å². The van der Waals surface area contributed by atoms with Gasteiger partial charge >= 0.3 is 12.2 Å². The first kappa shape index (κ1) is 24.0. The second-order valence-corrected chi connectivity index (χ2v) is 9.34. The summed E-state index contributed by atoms with van der Waals surface area (Å²) >= 11 is 0. The average molecular weight is 421 g/mol. The molecule has 3 N–H and O–H groups in total. The van der Waals surface area contributed by atoms with Gasteiger partial charge in [0.2, 0.25) is 0 Å². The van der Waals surface area contributed by atoms with Crippen molar-refractivity contribution in [2.75, 3.05) is 13.6 Å². The summed E-state index contributed by atoms with van der Waals surface area (Å²) in [7, 11) is 1.51. The zero-order chi connectivity index (χ0) is 22.3. The first-order chi connectivity index (χ1) is 14.0. The van der Waals surface area contributed by atoms with Crippen molar-refractivity contribution < 1.29 is 24.5 Å². The number of benzene rings is 1. The molecule has 1 aromatic carbocycles. The molecule has 1 unspecified atom stereocenters. The molecule has 0 saturated heterocycles. The molecule has 1 aliphatic rings. The molecule has 7 nitrogen and oxygen atoms in total. The van der Waals surface area contributed by atoms with E-state index in [0.717, 1.165) is 37.7 Å². The number of aliphatic hydroxyl groups is 1. The summed E-state index contributed by atoms with van der Waals surface area (Å²) in [4.78, 5) is 25.3. The fourth-order valence-corrected chi connectivity index (χ4v) is 4.17. The second kappa shape index (κ2) is 10.7. The van der Waals surface area contributed by atoms with Crippen LogP contribution < -0.4 is 5.32 Å². The molecular weight excluding hydrogens is 384 g/mol. The van der Waals surface area contributed by atoms with Gasteiger partial charge in [-0.2, -0.15) is 0 Å². The Hall–Kier alpha value is -2.28. The van der Waals surface area contributed by atoms with Gasteiger partial charge in [0.1, 0.15) is 5.60 Å². The first-order valence-corrected chi connectivity index (χ1v) is 10.7. The number of nitrogens with zero attached hydrogens (tertiary/aromatic N) is 1. The van der Waals surface area contributed by atoms with Crippen LogP contribution in [0.2, 0.25) is 0 Å². The average Bonchev–Trinajstić information content (AvgIpc) is 2.65. The third kappa shape index (κ3) is 7.86. The summed E-state index contributed by atoms with van der Waals surface area (Å²) in [5, 5.41) is 22.3. The van der Waals surface area contributed by atoms with Crippen molar-refractivity contribution in [3.63, 3.8) is 0 Å². The summed E-state index contributed by atoms with van der Waals surface area (Å²) < 4.78 is 5.46. The van der Waals surface area contributed by atoms with E-state index in [4.69, 9.17) is 4.74 Å². The van der Waals surface area contributed by atoms with E-state index >= 15 is 0 Å². The molecule has 1 aliphatic carbocycles. The van der Waals surface area contributed by atoms with Crippen LogP contribution in [0.15, 0.2) is 30.3 Å². The van der Waals surface area contributed by atoms with Crippen LogP contribution in [0.5, 0.6) is 0 Å². The zero-order valence-electron chi connectivity index (χ0n) is 18.5. The van der Waals surface area contributed by atoms with Crippen molar-refractivity contribution in [3.05, 3.63) is 35.9 Å². The van der Waals surface area contributed by atoms with Gasteiger partial charge in [-0.15, -0.1) is 0 Å². The molecule has 2 amide bonds. The van der Waals surface area contributed by atoms with Gasteiger partial charge in [-0.05, 0) is 70.3 Å². The predicted molar refractivity (Wildman–Crippen MR) is 115 cm³/mol. The van der Waals surface area contributed by atoms with E-state index in [1.54, 1.807) is 20.8 Å². The van der Waals surface area contributed by atoms with Gasteiger partial charge in [-0.3, -0.25) is 0 Å². The Morgan fingerprint density at radius 3 is 2.30 bits per heavy atom. The van der Waals surface area contributed by atoms with Crippen molar-refractivity contribution in [2.45, 2.75) is 70.6 Å². The van der Waals surface area contributed by atoms with Crippen LogP contribution in [-0.4, -0.2) is 58.6 Å². The van der Waals surface area contributed by atoms with Crippen LogP contribution >= 0.6 is 0 Å². The lowest BCUT2D eigenvalue weighted by Gasteiger charge is -2.39. The number of amides is 2. The fraction of sp³-hybridized carbons (Fsp3) is 0.652. The molecule has 7 heteroatoms. The summed E-state index contributed by atoms with van der Waals surface area (Å²) in [6.07, 6.45) is 2.01. The van der Waals surface area contributed by atoms with E-state index in [1.165, 1.54) is 11.9 Å². The maximum Gasteiger partial charge on any atom is 0.407 e. The molecule has 0 bridgehead atoms. The predicted octanol–water partition coefficient (Wildman–Crippen LogP) is 3.90. The number of carbonyl (C=O) groups excluding carboxylic acids is 1. The minimum atomic E-state index is -1.04. The quantitative estimate of drug-likeness (QED) is 0.621. The minimum Gasteiger partial charge on any atom is -0.465 e. The number of aliphatic hydroxyl groups excluding tert-OH is 1. The van der Waals surface area contributed by atoms with Crippen molar-refractivity contribution in [1.29, 1.82) is 0 Å². The molecular formula is C23H36N2O5. The molecule has 0 radical (unpaired) electrons. The van der Waals surface area contributed by atoms with E-state index in [-0.39, 0.29) is 24.5 Å². The van der Waals surface area contributed by atoms with Crippen LogP contribution in [0.25, 0.3) is 0 Å². The highest BCUT2D eigenvalue weighted by atomic mass is 16.6. The Balaban J connectivity index is 2.28. The molecule has 2 rings (SSSR count). The van der Waals surface area contributed by atoms with E-state index in [1.807, 2.05) is 18.2 Å². The molecule has 1 saturated carbocycles. The smallest absolute Gasteiger partial charge is 0.407 e. The monoisotopic (exact) mass is 420 g/mol. The summed E-state index contributed by atoms with van der Waals surface area (Å²) in [6, 6.07) is 9.63. The maximum absolute atomic E-state index is 12.6. The maximum atomic E-state index is 12.6. The molecule has 168 valence electrons. The summed E-state index contributed by atoms with van der Waals surface area (Å²) in [5.74, 6) is 0.296. The third-order valence-corrected chi connectivity index (χ3v) is 5.68. The number of hydrogen-bond acceptors (Lipinski definition) is 4. The molecule has 2 atom stereocenters. The first-order valence-electron chi connectivity index (χ1n) is 10.7. The zero-order valence-corrected chi connectivity index (χ0v) is 18.5. The lowest BCUT2D eigenvalue weighted by Crippen LogP contribution is -2.52. The Labute approximate surface area is 179 Å². The van der Waals surface area contributed by atoms with E-state index in [9.17, 15) is 19.8 Å². The van der Waals surface area contributed by atoms with E-state index in [2.05, 4.69) is 17.4 Å². The molecule has 30 heavy (non-hydrogen) atoms. The highest BCUT2D eigenvalue weighted by molar-refractivity contribution is 5.68. The molecule has 1 aromatic rings. The highest BCUT2D eigenvalue weighted by Crippen LogP contribution is 2.34. The number of ether oxygens (including phenoxy) is 1. The fourth-order valence-electron chi connectivity index (χ4n) is 4.17. The number of rotatable bonds is 7. The molecule has 0 aliphatic heterocycles. The lowest BCUT2D eigenvalue weighted by atomic mass is 9.73. The Morgan fingerprint density at radius 2 is 1.77 bits per heavy atom. The molecule has 1 fully saturated rings. The van der Waals surface area contributed by atoms with Gasteiger partial charge in [0.15, 0.2) is 0 Å². The summed E-state index contributed by atoms with van der Waals surface area (Å²) in [5.41, 5.74) is 0.500. The van der Waals surface area contributed by atoms with Gasteiger partial charge in [0.05, 0.1) is 12.1 Å². The normalized spacial score (nSPS) is 21.4. The number of likely N-dealkylation sites (N-methyl/N-ethyl adjacent to an activating group) is 1. The van der Waals surface area contributed by atoms with Crippen LogP contribution in [0.1, 0.15) is 52.0 Å². The number of hydrogen-bond donors (Lipinski definition) is 3. The standard InChI is InChI=1S/C23H36N2O5/c1-23(2,3)30-21(27)24-20(15-25(4)22(28)29)19(14-16-8-6-5-7-9-16)17-10-12-18(26)13-11-17/h5-9,17-20,26H,10-15H2,1-4H3,(H,24,27)(H,28,29)/t17?,18?,19?,20-/m1/s1. The summed E-state index contributed by atoms with van der Waals surface area (Å²) in [6.45, 7) is 5.57. The van der Waals surface area contributed by atoms with E-state index < -0.39 is 23.8 Å². The van der Waals surface area contributed by atoms with Crippen LogP contribution in [0.4, 0.5) is 9.59 Å². The third-order valence-electron chi connectivity index (χ3n) is 5.68. The molecule has 0 heterocycles. The van der Waals surface area contributed by atoms with Crippen LogP contribution in [-0.2, 0) is 11.2 Å². The van der Waals surface area contributed by atoms with Gasteiger partial charge in [0, 0.05) is 13.6 Å². The number of nitrogens with one attached hydrogen (secondary N) is 1. The van der Waals surface area contributed by atoms with Crippen molar-refractivity contribution in [2.24, 2.45) is 11.8 Å². The van der Waals surface area contributed by atoms with Gasteiger partial charge < -0.3 is 25.2 Å². The minimum absolute atomic E-state index is 0.0224. The van der Waals surface area contributed by atoms with Crippen LogP contribution in [0.3, 0.4) is 0 Å². The highest BCUT2D eigenvalue weighted by Gasteiger charge is 2.35. The van der Waals surface area contributed by atoms with Gasteiger partial charge in [-0.1, -0.05) is 30.3 Å². The second-order valence-electron chi connectivity index (χ2n) is 9.34. The Morgan fingerprint density at radius 1 is 1.17 bits per heavy atom. The number of alkyl carbamates (subject to hydrolysis) is 1. The molecule has 0 aromatic heterocycles. The topological polar surface area (TPSA) is 99.1 Å². The van der Waals surface area contributed by atoms with Crippen molar-refractivity contribution in [1.82, 2.24) is 10.2 Å². The number of carbonyl (C=O) groups is 2. The molecule has 0 spiro atoms. The SMILES string of the molecule is CN(C[C@@H](NC(=O)OC(C)(C)C)C(Cc1ccccc1)C1CCC(O)CC1)C(=O)O. The number of carboxylic acid groups (broad SMARTS) is 1.